The van der Waals surface area contributed by atoms with Crippen LogP contribution in [0.2, 0.25) is 0 Å². The summed E-state index contributed by atoms with van der Waals surface area (Å²) in [7, 11) is 3.12. The van der Waals surface area contributed by atoms with Gasteiger partial charge in [-0.25, -0.2) is 0 Å². The van der Waals surface area contributed by atoms with Gasteiger partial charge in [0.2, 0.25) is 0 Å². The number of hydrogen-bond donors (Lipinski definition) is 1. The van der Waals surface area contributed by atoms with E-state index in [0.717, 1.165) is 6.42 Å². The number of carbonyl (C=O) groups is 1. The summed E-state index contributed by atoms with van der Waals surface area (Å²) >= 11 is 1.70. The highest BCUT2D eigenvalue weighted by atomic mass is 32.1. The van der Waals surface area contributed by atoms with Crippen LogP contribution in [0, 0.1) is 0 Å². The Labute approximate surface area is 128 Å². The monoisotopic (exact) mass is 305 g/mol. The van der Waals surface area contributed by atoms with Crippen LogP contribution in [0.15, 0.2) is 35.7 Å². The molecular formula is C16H19NO3S. The summed E-state index contributed by atoms with van der Waals surface area (Å²) in [5.74, 6) is 1.05. The third-order valence-corrected chi connectivity index (χ3v) is 4.01. The van der Waals surface area contributed by atoms with E-state index in [1.54, 1.807) is 43.8 Å². The maximum Gasteiger partial charge on any atom is 0.251 e. The van der Waals surface area contributed by atoms with Crippen molar-refractivity contribution in [2.75, 3.05) is 14.2 Å². The Hall–Kier alpha value is -2.01. The lowest BCUT2D eigenvalue weighted by molar-refractivity contribution is 0.0940. The minimum atomic E-state index is -0.111. The van der Waals surface area contributed by atoms with Crippen LogP contribution in [0.1, 0.15) is 22.2 Å². The average molecular weight is 305 g/mol. The summed E-state index contributed by atoms with van der Waals surface area (Å²) in [5, 5.41) is 5.03. The van der Waals surface area contributed by atoms with E-state index in [1.807, 2.05) is 18.4 Å². The van der Waals surface area contributed by atoms with E-state index in [1.165, 1.54) is 4.88 Å². The first kappa shape index (κ1) is 15.4. The van der Waals surface area contributed by atoms with Gasteiger partial charge in [0.25, 0.3) is 5.91 Å². The summed E-state index contributed by atoms with van der Waals surface area (Å²) in [6.45, 7) is 2.00. The van der Waals surface area contributed by atoms with Gasteiger partial charge in [0.1, 0.15) is 0 Å². The highest BCUT2D eigenvalue weighted by molar-refractivity contribution is 7.09. The molecule has 2 aromatic rings. The standard InChI is InChI=1S/C16H19NO3S/c1-11(9-13-5-4-8-21-13)17-16(18)12-6-7-14(19-2)15(10-12)20-3/h4-8,10-11H,9H2,1-3H3,(H,17,18). The molecule has 0 saturated heterocycles. The molecule has 1 atom stereocenters. The van der Waals surface area contributed by atoms with Gasteiger partial charge in [-0.1, -0.05) is 6.07 Å². The van der Waals surface area contributed by atoms with Crippen LogP contribution in [-0.2, 0) is 6.42 Å². The first-order valence-electron chi connectivity index (χ1n) is 6.69. The molecule has 0 saturated carbocycles. The van der Waals surface area contributed by atoms with Crippen LogP contribution in [0.3, 0.4) is 0 Å². The number of hydrogen-bond acceptors (Lipinski definition) is 4. The SMILES string of the molecule is COc1ccc(C(=O)NC(C)Cc2cccs2)cc1OC. The summed E-state index contributed by atoms with van der Waals surface area (Å²) in [5.41, 5.74) is 0.561. The first-order valence-corrected chi connectivity index (χ1v) is 7.57. The van der Waals surface area contributed by atoms with Crippen molar-refractivity contribution >= 4 is 17.2 Å². The maximum atomic E-state index is 12.2. The third-order valence-electron chi connectivity index (χ3n) is 3.11. The van der Waals surface area contributed by atoms with Crippen LogP contribution in [0.4, 0.5) is 0 Å². The fraction of sp³-hybridized carbons (Fsp3) is 0.312. The van der Waals surface area contributed by atoms with Gasteiger partial charge in [-0.2, -0.15) is 0 Å². The summed E-state index contributed by atoms with van der Waals surface area (Å²) < 4.78 is 10.4. The van der Waals surface area contributed by atoms with Gasteiger partial charge < -0.3 is 14.8 Å². The van der Waals surface area contributed by atoms with Crippen molar-refractivity contribution in [2.45, 2.75) is 19.4 Å². The third kappa shape index (κ3) is 3.98. The molecule has 21 heavy (non-hydrogen) atoms. The predicted octanol–water partition coefficient (Wildman–Crippen LogP) is 3.13. The van der Waals surface area contributed by atoms with Crippen molar-refractivity contribution in [3.05, 3.63) is 46.2 Å². The summed E-state index contributed by atoms with van der Waals surface area (Å²) in [6.07, 6.45) is 0.830. The zero-order chi connectivity index (χ0) is 15.2. The predicted molar refractivity (Wildman–Crippen MR) is 84.5 cm³/mol. The van der Waals surface area contributed by atoms with Crippen LogP contribution in [0.25, 0.3) is 0 Å². The van der Waals surface area contributed by atoms with E-state index in [-0.39, 0.29) is 11.9 Å². The Balaban J connectivity index is 2.02. The van der Waals surface area contributed by atoms with Crippen molar-refractivity contribution in [1.29, 1.82) is 0 Å². The van der Waals surface area contributed by atoms with Gasteiger partial charge in [-0.05, 0) is 36.6 Å². The van der Waals surface area contributed by atoms with Crippen LogP contribution in [0.5, 0.6) is 11.5 Å². The van der Waals surface area contributed by atoms with E-state index >= 15 is 0 Å². The normalized spacial score (nSPS) is 11.8. The molecule has 0 spiro atoms. The lowest BCUT2D eigenvalue weighted by Crippen LogP contribution is -2.33. The Morgan fingerprint density at radius 1 is 1.24 bits per heavy atom. The Bertz CT molecular complexity index is 596. The molecule has 1 aromatic carbocycles. The molecule has 0 aliphatic carbocycles. The highest BCUT2D eigenvalue weighted by Crippen LogP contribution is 2.27. The van der Waals surface area contributed by atoms with Gasteiger partial charge in [0.05, 0.1) is 14.2 Å². The quantitative estimate of drug-likeness (QED) is 0.892. The number of rotatable bonds is 6. The molecule has 5 heteroatoms. The Kier molecular flexibility index (Phi) is 5.22. The molecule has 0 fully saturated rings. The molecule has 1 amide bonds. The van der Waals surface area contributed by atoms with Crippen molar-refractivity contribution in [1.82, 2.24) is 5.32 Å². The number of thiophene rings is 1. The minimum absolute atomic E-state index is 0.0734. The van der Waals surface area contributed by atoms with Crippen LogP contribution in [-0.4, -0.2) is 26.2 Å². The lowest BCUT2D eigenvalue weighted by Gasteiger charge is -2.14. The van der Waals surface area contributed by atoms with Gasteiger partial charge in [-0.3, -0.25) is 4.79 Å². The molecule has 0 bridgehead atoms. The average Bonchev–Trinajstić information content (AvgIpc) is 2.99. The maximum absolute atomic E-state index is 12.2. The van der Waals surface area contributed by atoms with E-state index in [4.69, 9.17) is 9.47 Å². The summed E-state index contributed by atoms with van der Waals surface area (Å²) in [6, 6.07) is 9.31. The number of methoxy groups -OCH3 is 2. The molecule has 1 unspecified atom stereocenters. The molecule has 112 valence electrons. The second kappa shape index (κ2) is 7.13. The lowest BCUT2D eigenvalue weighted by atomic mass is 10.1. The van der Waals surface area contributed by atoms with E-state index < -0.39 is 0 Å². The van der Waals surface area contributed by atoms with Crippen molar-refractivity contribution in [3.8, 4) is 11.5 Å². The first-order chi connectivity index (χ1) is 10.1. The van der Waals surface area contributed by atoms with E-state index in [2.05, 4.69) is 11.4 Å². The molecule has 0 aliphatic heterocycles. The number of nitrogens with one attached hydrogen (secondary N) is 1. The summed E-state index contributed by atoms with van der Waals surface area (Å²) in [4.78, 5) is 13.5. The molecular weight excluding hydrogens is 286 g/mol. The zero-order valence-corrected chi connectivity index (χ0v) is 13.2. The van der Waals surface area contributed by atoms with Crippen LogP contribution < -0.4 is 14.8 Å². The van der Waals surface area contributed by atoms with Gasteiger partial charge >= 0.3 is 0 Å². The Morgan fingerprint density at radius 3 is 2.62 bits per heavy atom. The van der Waals surface area contributed by atoms with E-state index in [9.17, 15) is 4.79 Å². The van der Waals surface area contributed by atoms with Crippen LogP contribution >= 0.6 is 11.3 Å². The van der Waals surface area contributed by atoms with Gasteiger partial charge in [-0.15, -0.1) is 11.3 Å². The zero-order valence-electron chi connectivity index (χ0n) is 12.4. The minimum Gasteiger partial charge on any atom is -0.493 e. The molecule has 2 rings (SSSR count). The number of ether oxygens (including phenoxy) is 2. The fourth-order valence-electron chi connectivity index (χ4n) is 2.07. The van der Waals surface area contributed by atoms with Crippen molar-refractivity contribution in [2.24, 2.45) is 0 Å². The van der Waals surface area contributed by atoms with E-state index in [0.29, 0.717) is 17.1 Å². The Morgan fingerprint density at radius 2 is 2.00 bits per heavy atom. The van der Waals surface area contributed by atoms with Gasteiger partial charge in [0, 0.05) is 22.9 Å². The molecule has 0 radical (unpaired) electrons. The molecule has 1 heterocycles. The number of amides is 1. The number of benzene rings is 1. The molecule has 0 aliphatic rings. The topological polar surface area (TPSA) is 47.6 Å². The van der Waals surface area contributed by atoms with Gasteiger partial charge in [0.15, 0.2) is 11.5 Å². The number of carbonyl (C=O) groups excluding carboxylic acids is 1. The largest absolute Gasteiger partial charge is 0.493 e. The second-order valence-corrected chi connectivity index (χ2v) is 5.76. The van der Waals surface area contributed by atoms with Crippen molar-refractivity contribution < 1.29 is 14.3 Å². The fourth-order valence-corrected chi connectivity index (χ4v) is 2.90. The smallest absolute Gasteiger partial charge is 0.251 e. The van der Waals surface area contributed by atoms with Crippen molar-refractivity contribution in [3.63, 3.8) is 0 Å². The highest BCUT2D eigenvalue weighted by Gasteiger charge is 2.13. The molecule has 1 aromatic heterocycles. The molecule has 4 nitrogen and oxygen atoms in total. The second-order valence-electron chi connectivity index (χ2n) is 4.73. The molecule has 1 N–H and O–H groups in total.